The normalized spacial score (nSPS) is 11.7. The third kappa shape index (κ3) is 3.62. The van der Waals surface area contributed by atoms with Gasteiger partial charge in [-0.05, 0) is 37.8 Å². The zero-order chi connectivity index (χ0) is 19.4. The first-order valence-electron chi connectivity index (χ1n) is 8.10. The maximum atomic E-state index is 13.1. The molecule has 1 N–H and O–H groups in total. The summed E-state index contributed by atoms with van der Waals surface area (Å²) in [6.07, 6.45) is 1.59. The van der Waals surface area contributed by atoms with E-state index in [-0.39, 0.29) is 23.9 Å². The number of aromatic nitrogens is 1. The molecule has 2 rings (SSSR count). The first kappa shape index (κ1) is 19.7. The lowest BCUT2D eigenvalue weighted by Gasteiger charge is -2.27. The number of H-pyrrole nitrogens is 1. The molecule has 0 fully saturated rings. The number of aryl methyl sites for hydroxylation is 1. The van der Waals surface area contributed by atoms with Crippen LogP contribution in [-0.2, 0) is 4.74 Å². The Hall–Kier alpha value is -2.67. The van der Waals surface area contributed by atoms with Crippen molar-refractivity contribution in [2.24, 2.45) is 0 Å². The van der Waals surface area contributed by atoms with E-state index in [1.165, 1.54) is 23.3 Å². The molecule has 1 amide bonds. The molecule has 0 bridgehead atoms. The van der Waals surface area contributed by atoms with Gasteiger partial charge in [0.15, 0.2) is 5.78 Å². The number of Topliss-reactive ketones (excluding diaryl/α,β-unsaturated/α-hetero) is 1. The van der Waals surface area contributed by atoms with Crippen LogP contribution in [0.1, 0.15) is 48.7 Å². The van der Waals surface area contributed by atoms with Crippen molar-refractivity contribution in [1.29, 1.82) is 0 Å². The van der Waals surface area contributed by atoms with Crippen LogP contribution in [0, 0.1) is 13.8 Å². The number of nitrogens with zero attached hydrogens (tertiary/aromatic N) is 1. The predicted molar refractivity (Wildman–Crippen MR) is 101 cm³/mol. The lowest BCUT2D eigenvalue weighted by molar-refractivity contribution is 0.0593. The molecular weight excluding hydrogens is 352 g/mol. The van der Waals surface area contributed by atoms with E-state index in [2.05, 4.69) is 11.6 Å². The van der Waals surface area contributed by atoms with Crippen LogP contribution in [0.15, 0.2) is 30.2 Å². The van der Waals surface area contributed by atoms with Gasteiger partial charge in [0.1, 0.15) is 5.69 Å². The molecule has 26 heavy (non-hydrogen) atoms. The summed E-state index contributed by atoms with van der Waals surface area (Å²) in [5.41, 5.74) is 1.75. The van der Waals surface area contributed by atoms with Crippen molar-refractivity contribution in [3.8, 4) is 0 Å². The largest absolute Gasteiger partial charge is 0.464 e. The van der Waals surface area contributed by atoms with Crippen molar-refractivity contribution < 1.29 is 19.1 Å². The molecule has 1 atom stereocenters. The van der Waals surface area contributed by atoms with Crippen LogP contribution >= 0.6 is 11.3 Å². The average molecular weight is 374 g/mol. The molecular formula is C19H22N2O4S. The third-order valence-electron chi connectivity index (χ3n) is 4.24. The van der Waals surface area contributed by atoms with E-state index >= 15 is 0 Å². The van der Waals surface area contributed by atoms with Gasteiger partial charge in [-0.25, -0.2) is 4.79 Å². The van der Waals surface area contributed by atoms with E-state index in [1.807, 2.05) is 5.38 Å². The van der Waals surface area contributed by atoms with E-state index in [9.17, 15) is 14.4 Å². The first-order chi connectivity index (χ1) is 12.3. The molecule has 7 heteroatoms. The second kappa shape index (κ2) is 8.14. The molecule has 0 saturated carbocycles. The van der Waals surface area contributed by atoms with E-state index in [4.69, 9.17) is 4.74 Å². The van der Waals surface area contributed by atoms with Crippen LogP contribution in [0.5, 0.6) is 0 Å². The van der Waals surface area contributed by atoms with Gasteiger partial charge in [-0.1, -0.05) is 12.1 Å². The molecule has 2 aromatic rings. The minimum Gasteiger partial charge on any atom is -0.464 e. The Morgan fingerprint density at radius 1 is 1.38 bits per heavy atom. The van der Waals surface area contributed by atoms with Gasteiger partial charge >= 0.3 is 5.97 Å². The smallest absolute Gasteiger partial charge is 0.354 e. The number of rotatable bonds is 7. The van der Waals surface area contributed by atoms with Crippen molar-refractivity contribution in [2.45, 2.75) is 26.8 Å². The quantitative estimate of drug-likeness (QED) is 0.458. The molecule has 0 aromatic carbocycles. The molecule has 0 radical (unpaired) electrons. The molecule has 6 nitrogen and oxygen atoms in total. The van der Waals surface area contributed by atoms with Crippen molar-refractivity contribution in [2.75, 3.05) is 13.7 Å². The standard InChI is InChI=1S/C19H22N2O4S/c1-6-9-21(18(23)14-8-7-10-26-14)13(4)17(22)15-11(2)16(19(24)25-5)20-12(15)3/h6-8,10,13,20H,1,9H2,2-5H3/t13-/m0/s1. The van der Waals surface area contributed by atoms with Gasteiger partial charge < -0.3 is 14.6 Å². The van der Waals surface area contributed by atoms with E-state index in [0.29, 0.717) is 21.7 Å². The Morgan fingerprint density at radius 3 is 2.62 bits per heavy atom. The number of amides is 1. The number of carbonyl (C=O) groups excluding carboxylic acids is 3. The Morgan fingerprint density at radius 2 is 2.08 bits per heavy atom. The molecule has 138 valence electrons. The second-order valence-electron chi connectivity index (χ2n) is 5.88. The summed E-state index contributed by atoms with van der Waals surface area (Å²) in [4.78, 5) is 42.7. The fourth-order valence-corrected chi connectivity index (χ4v) is 3.55. The van der Waals surface area contributed by atoms with Crippen LogP contribution < -0.4 is 0 Å². The Kier molecular flexibility index (Phi) is 6.15. The summed E-state index contributed by atoms with van der Waals surface area (Å²) in [7, 11) is 1.29. The lowest BCUT2D eigenvalue weighted by atomic mass is 9.99. The average Bonchev–Trinajstić information content (AvgIpc) is 3.25. The zero-order valence-corrected chi connectivity index (χ0v) is 16.1. The number of ketones is 1. The molecule has 0 aliphatic heterocycles. The third-order valence-corrected chi connectivity index (χ3v) is 5.10. The SMILES string of the molecule is C=CCN(C(=O)c1cccs1)[C@@H](C)C(=O)c1c(C)[nH]c(C(=O)OC)c1C. The fourth-order valence-electron chi connectivity index (χ4n) is 2.87. The van der Waals surface area contributed by atoms with Gasteiger partial charge in [0.2, 0.25) is 0 Å². The Labute approximate surface area is 156 Å². The maximum absolute atomic E-state index is 13.1. The van der Waals surface area contributed by atoms with Crippen LogP contribution in [-0.4, -0.2) is 47.2 Å². The highest BCUT2D eigenvalue weighted by atomic mass is 32.1. The number of ether oxygens (including phenoxy) is 1. The highest BCUT2D eigenvalue weighted by Crippen LogP contribution is 2.23. The minimum atomic E-state index is -0.707. The first-order valence-corrected chi connectivity index (χ1v) is 8.98. The number of carbonyl (C=O) groups is 3. The van der Waals surface area contributed by atoms with Crippen molar-refractivity contribution in [3.63, 3.8) is 0 Å². The summed E-state index contributed by atoms with van der Waals surface area (Å²) in [6, 6.07) is 2.81. The van der Waals surface area contributed by atoms with Gasteiger partial charge in [0, 0.05) is 17.8 Å². The molecule has 0 unspecified atom stereocenters. The summed E-state index contributed by atoms with van der Waals surface area (Å²) >= 11 is 1.32. The van der Waals surface area contributed by atoms with Crippen LogP contribution in [0.4, 0.5) is 0 Å². The summed E-state index contributed by atoms with van der Waals surface area (Å²) in [6.45, 7) is 9.02. The Bertz CT molecular complexity index is 836. The fraction of sp³-hybridized carbons (Fsp3) is 0.316. The van der Waals surface area contributed by atoms with Crippen LogP contribution in [0.3, 0.4) is 0 Å². The maximum Gasteiger partial charge on any atom is 0.354 e. The van der Waals surface area contributed by atoms with Gasteiger partial charge in [-0.3, -0.25) is 9.59 Å². The van der Waals surface area contributed by atoms with Crippen molar-refractivity contribution in [3.05, 3.63) is 57.6 Å². The summed E-state index contributed by atoms with van der Waals surface area (Å²) in [5, 5.41) is 1.81. The lowest BCUT2D eigenvalue weighted by Crippen LogP contribution is -2.43. The number of thiophene rings is 1. The predicted octanol–water partition coefficient (Wildman–Crippen LogP) is 3.38. The molecule has 0 spiro atoms. The van der Waals surface area contributed by atoms with Crippen molar-refractivity contribution >= 4 is 29.0 Å². The number of hydrogen-bond acceptors (Lipinski definition) is 5. The van der Waals surface area contributed by atoms with Gasteiger partial charge in [-0.15, -0.1) is 17.9 Å². The monoisotopic (exact) mass is 374 g/mol. The van der Waals surface area contributed by atoms with E-state index in [1.54, 1.807) is 39.0 Å². The van der Waals surface area contributed by atoms with Gasteiger partial charge in [0.25, 0.3) is 5.91 Å². The minimum absolute atomic E-state index is 0.222. The molecule has 2 aromatic heterocycles. The molecule has 0 aliphatic carbocycles. The van der Waals surface area contributed by atoms with Crippen molar-refractivity contribution in [1.82, 2.24) is 9.88 Å². The summed E-state index contributed by atoms with van der Waals surface area (Å²) in [5.74, 6) is -0.993. The molecule has 0 saturated heterocycles. The second-order valence-corrected chi connectivity index (χ2v) is 6.83. The number of esters is 1. The number of methoxy groups -OCH3 is 1. The van der Waals surface area contributed by atoms with Crippen LogP contribution in [0.2, 0.25) is 0 Å². The topological polar surface area (TPSA) is 79.5 Å². The zero-order valence-electron chi connectivity index (χ0n) is 15.3. The molecule has 0 aliphatic rings. The number of hydrogen-bond donors (Lipinski definition) is 1. The number of aromatic amines is 1. The van der Waals surface area contributed by atoms with Crippen LogP contribution in [0.25, 0.3) is 0 Å². The summed E-state index contributed by atoms with van der Waals surface area (Å²) < 4.78 is 4.74. The molecule has 2 heterocycles. The van der Waals surface area contributed by atoms with Gasteiger partial charge in [-0.2, -0.15) is 0 Å². The highest BCUT2D eigenvalue weighted by molar-refractivity contribution is 7.12. The van der Waals surface area contributed by atoms with E-state index < -0.39 is 12.0 Å². The highest BCUT2D eigenvalue weighted by Gasteiger charge is 2.31. The van der Waals surface area contributed by atoms with Gasteiger partial charge in [0.05, 0.1) is 18.0 Å². The number of nitrogens with one attached hydrogen (secondary N) is 1. The Balaban J connectivity index is 2.38. The van der Waals surface area contributed by atoms with E-state index in [0.717, 1.165) is 0 Å².